The molecule has 100 valence electrons. The topological polar surface area (TPSA) is 55.6 Å². The monoisotopic (exact) mass is 270 g/mol. The first-order valence-electron chi connectivity index (χ1n) is 5.86. The second-order valence-corrected chi connectivity index (χ2v) is 4.48. The Hall–Kier alpha value is -1.10. The van der Waals surface area contributed by atoms with Crippen molar-refractivity contribution >= 4 is 17.5 Å². The first kappa shape index (κ1) is 15.0. The molecule has 1 unspecified atom stereocenters. The van der Waals surface area contributed by atoms with Gasteiger partial charge in [-0.15, -0.1) is 0 Å². The first-order valence-corrected chi connectivity index (χ1v) is 6.24. The zero-order valence-corrected chi connectivity index (χ0v) is 11.5. The summed E-state index contributed by atoms with van der Waals surface area (Å²) in [5, 5.41) is 0.684. The van der Waals surface area contributed by atoms with Crippen molar-refractivity contribution in [1.29, 1.82) is 0 Å². The van der Waals surface area contributed by atoms with E-state index in [2.05, 4.69) is 0 Å². The molecule has 0 aliphatic carbocycles. The number of nitrogens with two attached hydrogens (primary N) is 1. The molecule has 2 N–H and O–H groups in total. The smallest absolute Gasteiger partial charge is 0.242 e. The van der Waals surface area contributed by atoms with Gasteiger partial charge in [-0.2, -0.15) is 0 Å². The summed E-state index contributed by atoms with van der Waals surface area (Å²) < 4.78 is 4.90. The van der Waals surface area contributed by atoms with Crippen molar-refractivity contribution in [3.8, 4) is 0 Å². The minimum Gasteiger partial charge on any atom is -0.383 e. The predicted molar refractivity (Wildman–Crippen MR) is 72.4 cm³/mol. The van der Waals surface area contributed by atoms with Crippen LogP contribution in [-0.4, -0.2) is 37.1 Å². The fourth-order valence-electron chi connectivity index (χ4n) is 1.64. The minimum absolute atomic E-state index is 0.102. The summed E-state index contributed by atoms with van der Waals surface area (Å²) in [6.07, 6.45) is 0. The number of ether oxygens (including phenoxy) is 1. The van der Waals surface area contributed by atoms with Crippen molar-refractivity contribution in [2.75, 3.05) is 20.3 Å². The highest BCUT2D eigenvalue weighted by Crippen LogP contribution is 2.12. The fourth-order valence-corrected chi connectivity index (χ4v) is 1.77. The zero-order valence-electron chi connectivity index (χ0n) is 10.7. The number of likely N-dealkylation sites (N-methyl/N-ethyl adjacent to an activating group) is 1. The van der Waals surface area contributed by atoms with Crippen LogP contribution in [0.2, 0.25) is 5.02 Å². The molecule has 0 aliphatic heterocycles. The Morgan fingerprint density at radius 1 is 1.44 bits per heavy atom. The van der Waals surface area contributed by atoms with E-state index in [0.29, 0.717) is 18.1 Å². The highest BCUT2D eigenvalue weighted by atomic mass is 35.5. The summed E-state index contributed by atoms with van der Waals surface area (Å²) in [5.74, 6) is -0.102. The number of methoxy groups -OCH3 is 1. The average Bonchev–Trinajstić information content (AvgIpc) is 2.37. The molecule has 0 spiro atoms. The Morgan fingerprint density at radius 3 is 2.56 bits per heavy atom. The van der Waals surface area contributed by atoms with E-state index in [0.717, 1.165) is 5.56 Å². The maximum Gasteiger partial charge on any atom is 0.242 e. The van der Waals surface area contributed by atoms with Crippen molar-refractivity contribution in [1.82, 2.24) is 4.90 Å². The molecule has 0 saturated heterocycles. The van der Waals surface area contributed by atoms with Crippen LogP contribution in [0.5, 0.6) is 0 Å². The third-order valence-electron chi connectivity index (χ3n) is 2.64. The third kappa shape index (κ3) is 4.29. The Balaban J connectivity index is 2.66. The largest absolute Gasteiger partial charge is 0.383 e. The standard InChI is InChI=1S/C13H19ClN2O2/c1-3-16(13(17)12(15)9-18-2)8-10-4-6-11(14)7-5-10/h4-7,12H,3,8-9,15H2,1-2H3. The van der Waals surface area contributed by atoms with Crippen molar-refractivity contribution in [3.63, 3.8) is 0 Å². The second-order valence-electron chi connectivity index (χ2n) is 4.04. The van der Waals surface area contributed by atoms with Crippen molar-refractivity contribution in [2.45, 2.75) is 19.5 Å². The number of nitrogens with zero attached hydrogens (tertiary/aromatic N) is 1. The highest BCUT2D eigenvalue weighted by Gasteiger charge is 2.19. The zero-order chi connectivity index (χ0) is 13.5. The van der Waals surface area contributed by atoms with Gasteiger partial charge in [0.05, 0.1) is 6.61 Å². The van der Waals surface area contributed by atoms with Crippen LogP contribution in [-0.2, 0) is 16.1 Å². The van der Waals surface area contributed by atoms with Gasteiger partial charge < -0.3 is 15.4 Å². The molecule has 1 amide bonds. The Labute approximate surface area is 113 Å². The summed E-state index contributed by atoms with van der Waals surface area (Å²) in [5.41, 5.74) is 6.77. The molecule has 0 fully saturated rings. The summed E-state index contributed by atoms with van der Waals surface area (Å²) in [6.45, 7) is 3.30. The molecule has 0 aromatic heterocycles. The number of benzene rings is 1. The van der Waals surface area contributed by atoms with Crippen LogP contribution in [0.4, 0.5) is 0 Å². The van der Waals surface area contributed by atoms with Crippen LogP contribution in [0, 0.1) is 0 Å². The number of hydrogen-bond acceptors (Lipinski definition) is 3. The molecule has 4 nitrogen and oxygen atoms in total. The molecule has 1 rings (SSSR count). The van der Waals surface area contributed by atoms with Crippen LogP contribution < -0.4 is 5.73 Å². The van der Waals surface area contributed by atoms with Crippen LogP contribution in [0.3, 0.4) is 0 Å². The molecular weight excluding hydrogens is 252 g/mol. The van der Waals surface area contributed by atoms with E-state index in [1.165, 1.54) is 7.11 Å². The lowest BCUT2D eigenvalue weighted by Gasteiger charge is -2.24. The lowest BCUT2D eigenvalue weighted by atomic mass is 10.2. The van der Waals surface area contributed by atoms with Gasteiger partial charge >= 0.3 is 0 Å². The average molecular weight is 271 g/mol. The van der Waals surface area contributed by atoms with E-state index >= 15 is 0 Å². The van der Waals surface area contributed by atoms with E-state index < -0.39 is 6.04 Å². The molecule has 18 heavy (non-hydrogen) atoms. The summed E-state index contributed by atoms with van der Waals surface area (Å²) in [6, 6.07) is 6.82. The van der Waals surface area contributed by atoms with Crippen LogP contribution in [0.15, 0.2) is 24.3 Å². The summed E-state index contributed by atoms with van der Waals surface area (Å²) in [4.78, 5) is 13.7. The number of rotatable bonds is 6. The summed E-state index contributed by atoms with van der Waals surface area (Å²) in [7, 11) is 1.53. The number of halogens is 1. The molecule has 0 heterocycles. The molecule has 1 aromatic rings. The second kappa shape index (κ2) is 7.36. The van der Waals surface area contributed by atoms with Crippen LogP contribution in [0.1, 0.15) is 12.5 Å². The third-order valence-corrected chi connectivity index (χ3v) is 2.90. The van der Waals surface area contributed by atoms with E-state index in [1.807, 2.05) is 31.2 Å². The van der Waals surface area contributed by atoms with Gasteiger partial charge in [0, 0.05) is 25.2 Å². The van der Waals surface area contributed by atoms with Gasteiger partial charge in [0.1, 0.15) is 6.04 Å². The maximum absolute atomic E-state index is 12.0. The van der Waals surface area contributed by atoms with Crippen LogP contribution >= 0.6 is 11.6 Å². The maximum atomic E-state index is 12.0. The number of carbonyl (C=O) groups is 1. The first-order chi connectivity index (χ1) is 8.58. The molecule has 1 atom stereocenters. The molecule has 0 bridgehead atoms. The lowest BCUT2D eigenvalue weighted by Crippen LogP contribution is -2.45. The molecule has 0 radical (unpaired) electrons. The fraction of sp³-hybridized carbons (Fsp3) is 0.462. The van der Waals surface area contributed by atoms with Crippen molar-refractivity contribution < 1.29 is 9.53 Å². The van der Waals surface area contributed by atoms with Crippen molar-refractivity contribution in [3.05, 3.63) is 34.9 Å². The van der Waals surface area contributed by atoms with E-state index in [-0.39, 0.29) is 12.5 Å². The lowest BCUT2D eigenvalue weighted by molar-refractivity contribution is -0.134. The highest BCUT2D eigenvalue weighted by molar-refractivity contribution is 6.30. The van der Waals surface area contributed by atoms with Gasteiger partial charge in [-0.3, -0.25) is 4.79 Å². The van der Waals surface area contributed by atoms with E-state index in [4.69, 9.17) is 22.1 Å². The van der Waals surface area contributed by atoms with E-state index in [1.54, 1.807) is 4.90 Å². The molecule has 0 saturated carbocycles. The normalized spacial score (nSPS) is 12.2. The molecular formula is C13H19ClN2O2. The number of amides is 1. The predicted octanol–water partition coefficient (Wildman–Crippen LogP) is 1.66. The molecule has 0 aliphatic rings. The summed E-state index contributed by atoms with van der Waals surface area (Å²) >= 11 is 5.82. The molecule has 5 heteroatoms. The van der Waals surface area contributed by atoms with Gasteiger partial charge in [0.15, 0.2) is 0 Å². The van der Waals surface area contributed by atoms with Gasteiger partial charge in [-0.05, 0) is 24.6 Å². The van der Waals surface area contributed by atoms with Gasteiger partial charge in [0.2, 0.25) is 5.91 Å². The number of hydrogen-bond donors (Lipinski definition) is 1. The minimum atomic E-state index is -0.609. The Kier molecular flexibility index (Phi) is 6.12. The van der Waals surface area contributed by atoms with E-state index in [9.17, 15) is 4.79 Å². The van der Waals surface area contributed by atoms with Gasteiger partial charge in [-0.25, -0.2) is 0 Å². The Morgan fingerprint density at radius 2 is 2.06 bits per heavy atom. The van der Waals surface area contributed by atoms with Gasteiger partial charge in [0.25, 0.3) is 0 Å². The quantitative estimate of drug-likeness (QED) is 0.855. The Bertz CT molecular complexity index is 381. The number of carbonyl (C=O) groups excluding carboxylic acids is 1. The van der Waals surface area contributed by atoms with Crippen molar-refractivity contribution in [2.24, 2.45) is 5.73 Å². The van der Waals surface area contributed by atoms with Crippen LogP contribution in [0.25, 0.3) is 0 Å². The molecule has 1 aromatic carbocycles. The van der Waals surface area contributed by atoms with Gasteiger partial charge in [-0.1, -0.05) is 23.7 Å². The SMILES string of the molecule is CCN(Cc1ccc(Cl)cc1)C(=O)C(N)COC.